The van der Waals surface area contributed by atoms with Crippen LogP contribution in [0.3, 0.4) is 0 Å². The van der Waals surface area contributed by atoms with Gasteiger partial charge in [0.2, 0.25) is 0 Å². The molecule has 0 spiro atoms. The summed E-state index contributed by atoms with van der Waals surface area (Å²) >= 11 is 0. The molecule has 0 amide bonds. The van der Waals surface area contributed by atoms with Crippen LogP contribution in [0.1, 0.15) is 20.8 Å². The van der Waals surface area contributed by atoms with Crippen molar-refractivity contribution in [1.82, 2.24) is 0 Å². The lowest BCUT2D eigenvalue weighted by molar-refractivity contribution is -0.138. The first-order valence-electron chi connectivity index (χ1n) is 4.35. The number of rotatable bonds is 4. The van der Waals surface area contributed by atoms with Gasteiger partial charge in [-0.05, 0) is 20.8 Å². The van der Waals surface area contributed by atoms with Gasteiger partial charge in [-0.15, -0.1) is 0 Å². The summed E-state index contributed by atoms with van der Waals surface area (Å²) < 4.78 is 4.80. The fraction of sp³-hybridized carbons (Fsp3) is 0.364. The summed E-state index contributed by atoms with van der Waals surface area (Å²) in [6, 6.07) is 0. The molecule has 0 N–H and O–H groups in total. The van der Waals surface area contributed by atoms with Crippen molar-refractivity contribution in [3.8, 4) is 0 Å². The molecule has 0 unspecified atom stereocenters. The molecule has 72 valence electrons. The van der Waals surface area contributed by atoms with E-state index in [0.29, 0.717) is 12.2 Å². The zero-order valence-corrected chi connectivity index (χ0v) is 8.41. The smallest absolute Gasteiger partial charge is 0.333 e. The maximum Gasteiger partial charge on any atom is 0.333 e. The number of allylic oxidation sites excluding steroid dienone is 5. The second-order valence-electron chi connectivity index (χ2n) is 2.48. The standard InChI is InChI=1S/C11H16O2/c1-4-6-7-8-9-10(3)11(12)13-5-2/h4,6-9H,5H2,1-3H3/b6-4+,8-7+,10-9+. The van der Waals surface area contributed by atoms with Gasteiger partial charge in [0.05, 0.1) is 6.61 Å². The van der Waals surface area contributed by atoms with Crippen molar-refractivity contribution >= 4 is 5.97 Å². The van der Waals surface area contributed by atoms with Crippen molar-refractivity contribution in [3.63, 3.8) is 0 Å². The fourth-order valence-electron chi connectivity index (χ4n) is 0.688. The Balaban J connectivity index is 4.08. The Kier molecular flexibility index (Phi) is 6.60. The minimum atomic E-state index is -0.257. The Morgan fingerprint density at radius 3 is 2.54 bits per heavy atom. The third-order valence-electron chi connectivity index (χ3n) is 1.36. The van der Waals surface area contributed by atoms with Gasteiger partial charge in [-0.25, -0.2) is 4.79 Å². The maximum absolute atomic E-state index is 11.1. The number of hydrogen-bond acceptors (Lipinski definition) is 2. The van der Waals surface area contributed by atoms with Crippen LogP contribution in [0.2, 0.25) is 0 Å². The number of hydrogen-bond donors (Lipinski definition) is 0. The van der Waals surface area contributed by atoms with Crippen LogP contribution in [0.5, 0.6) is 0 Å². The third kappa shape index (κ3) is 5.91. The monoisotopic (exact) mass is 180 g/mol. The van der Waals surface area contributed by atoms with E-state index in [1.807, 2.05) is 31.2 Å². The first-order chi connectivity index (χ1) is 6.22. The van der Waals surface area contributed by atoms with Crippen molar-refractivity contribution in [2.45, 2.75) is 20.8 Å². The largest absolute Gasteiger partial charge is 0.463 e. The molecule has 0 fully saturated rings. The van der Waals surface area contributed by atoms with E-state index in [9.17, 15) is 4.79 Å². The molecule has 0 aliphatic carbocycles. The molecule has 0 aromatic carbocycles. The van der Waals surface area contributed by atoms with Crippen LogP contribution < -0.4 is 0 Å². The summed E-state index contributed by atoms with van der Waals surface area (Å²) in [6.45, 7) is 5.88. The highest BCUT2D eigenvalue weighted by Crippen LogP contribution is 1.96. The van der Waals surface area contributed by atoms with E-state index in [2.05, 4.69) is 0 Å². The van der Waals surface area contributed by atoms with E-state index in [1.165, 1.54) is 0 Å². The number of esters is 1. The van der Waals surface area contributed by atoms with E-state index in [1.54, 1.807) is 19.9 Å². The van der Waals surface area contributed by atoms with Gasteiger partial charge in [-0.1, -0.05) is 30.4 Å². The molecule has 0 bridgehead atoms. The third-order valence-corrected chi connectivity index (χ3v) is 1.36. The van der Waals surface area contributed by atoms with Crippen molar-refractivity contribution in [2.24, 2.45) is 0 Å². The van der Waals surface area contributed by atoms with Crippen LogP contribution in [0.25, 0.3) is 0 Å². The molecule has 2 nitrogen and oxygen atoms in total. The molecule has 0 aromatic rings. The average molecular weight is 180 g/mol. The van der Waals surface area contributed by atoms with E-state index < -0.39 is 0 Å². The van der Waals surface area contributed by atoms with Crippen molar-refractivity contribution in [2.75, 3.05) is 6.61 Å². The average Bonchev–Trinajstić information content (AvgIpc) is 2.12. The lowest BCUT2D eigenvalue weighted by Gasteiger charge is -1.98. The van der Waals surface area contributed by atoms with Gasteiger partial charge < -0.3 is 4.74 Å². The second-order valence-corrected chi connectivity index (χ2v) is 2.48. The molecule has 0 radical (unpaired) electrons. The maximum atomic E-state index is 11.1. The zero-order chi connectivity index (χ0) is 10.1. The predicted octanol–water partition coefficient (Wildman–Crippen LogP) is 2.63. The summed E-state index contributed by atoms with van der Waals surface area (Å²) in [5.41, 5.74) is 0.614. The highest BCUT2D eigenvalue weighted by atomic mass is 16.5. The molecule has 0 atom stereocenters. The van der Waals surface area contributed by atoms with Crippen LogP contribution >= 0.6 is 0 Å². The summed E-state index contributed by atoms with van der Waals surface area (Å²) in [5.74, 6) is -0.257. The van der Waals surface area contributed by atoms with Crippen LogP contribution in [-0.2, 0) is 9.53 Å². The summed E-state index contributed by atoms with van der Waals surface area (Å²) in [7, 11) is 0. The van der Waals surface area contributed by atoms with Crippen LogP contribution in [0, 0.1) is 0 Å². The Bertz CT molecular complexity index is 234. The molecule has 13 heavy (non-hydrogen) atoms. The number of carbonyl (C=O) groups is 1. The summed E-state index contributed by atoms with van der Waals surface area (Å²) in [6.07, 6.45) is 9.23. The van der Waals surface area contributed by atoms with Crippen LogP contribution in [0.4, 0.5) is 0 Å². The van der Waals surface area contributed by atoms with Gasteiger partial charge in [-0.2, -0.15) is 0 Å². The highest BCUT2D eigenvalue weighted by molar-refractivity contribution is 5.88. The molecule has 0 saturated heterocycles. The zero-order valence-electron chi connectivity index (χ0n) is 8.41. The second kappa shape index (κ2) is 7.35. The van der Waals surface area contributed by atoms with Gasteiger partial charge in [-0.3, -0.25) is 0 Å². The first-order valence-corrected chi connectivity index (χ1v) is 4.35. The summed E-state index contributed by atoms with van der Waals surface area (Å²) in [5, 5.41) is 0. The Hall–Kier alpha value is -1.31. The van der Waals surface area contributed by atoms with Crippen molar-refractivity contribution < 1.29 is 9.53 Å². The minimum Gasteiger partial charge on any atom is -0.463 e. The van der Waals surface area contributed by atoms with E-state index >= 15 is 0 Å². The van der Waals surface area contributed by atoms with Crippen LogP contribution in [-0.4, -0.2) is 12.6 Å². The quantitative estimate of drug-likeness (QED) is 0.377. The molecule has 0 aliphatic heterocycles. The Morgan fingerprint density at radius 1 is 1.31 bits per heavy atom. The normalized spacial score (nSPS) is 12.7. The lowest BCUT2D eigenvalue weighted by Crippen LogP contribution is -2.04. The van der Waals surface area contributed by atoms with Gasteiger partial charge in [0, 0.05) is 5.57 Å². The van der Waals surface area contributed by atoms with Crippen LogP contribution in [0.15, 0.2) is 36.0 Å². The van der Waals surface area contributed by atoms with E-state index in [-0.39, 0.29) is 5.97 Å². The fourth-order valence-corrected chi connectivity index (χ4v) is 0.688. The van der Waals surface area contributed by atoms with E-state index in [4.69, 9.17) is 4.74 Å². The number of ether oxygens (including phenoxy) is 1. The first kappa shape index (κ1) is 11.7. The SMILES string of the molecule is C/C=C/C=C/C=C(\C)C(=O)OCC. The molecular formula is C11H16O2. The van der Waals surface area contributed by atoms with Gasteiger partial charge >= 0.3 is 5.97 Å². The number of carbonyl (C=O) groups excluding carboxylic acids is 1. The predicted molar refractivity (Wildman–Crippen MR) is 54.3 cm³/mol. The minimum absolute atomic E-state index is 0.257. The molecule has 0 rings (SSSR count). The molecular weight excluding hydrogens is 164 g/mol. The highest BCUT2D eigenvalue weighted by Gasteiger charge is 2.01. The van der Waals surface area contributed by atoms with E-state index in [0.717, 1.165) is 0 Å². The van der Waals surface area contributed by atoms with Gasteiger partial charge in [0.25, 0.3) is 0 Å². The lowest BCUT2D eigenvalue weighted by atomic mass is 10.3. The summed E-state index contributed by atoms with van der Waals surface area (Å²) in [4.78, 5) is 11.1. The molecule has 2 heteroatoms. The van der Waals surface area contributed by atoms with Gasteiger partial charge in [0.1, 0.15) is 0 Å². The Labute approximate surface area is 79.6 Å². The molecule has 0 heterocycles. The van der Waals surface area contributed by atoms with Crippen molar-refractivity contribution in [1.29, 1.82) is 0 Å². The van der Waals surface area contributed by atoms with Crippen molar-refractivity contribution in [3.05, 3.63) is 36.0 Å². The molecule has 0 aromatic heterocycles. The Morgan fingerprint density at radius 2 is 2.00 bits per heavy atom. The molecule has 0 saturated carbocycles. The topological polar surface area (TPSA) is 26.3 Å². The van der Waals surface area contributed by atoms with Gasteiger partial charge in [0.15, 0.2) is 0 Å². The molecule has 0 aliphatic rings.